The average molecular weight is 299 g/mol. The standard InChI is InChI=1S/C15H16F3NO2/c16-15(17,18)14(21)19-8-7-10-6-5-9-3-1-2-4-11(9)12(10)13(19)20/h5-6,10,12H,1-4,7-8H2. The van der Waals surface area contributed by atoms with Gasteiger partial charge in [-0.05, 0) is 43.6 Å². The first-order valence-electron chi connectivity index (χ1n) is 7.22. The molecule has 0 aromatic heterocycles. The second-order valence-corrected chi connectivity index (χ2v) is 5.84. The van der Waals surface area contributed by atoms with Crippen LogP contribution in [-0.2, 0) is 9.59 Å². The van der Waals surface area contributed by atoms with Crippen LogP contribution in [0.25, 0.3) is 0 Å². The minimum atomic E-state index is -4.99. The molecule has 0 aromatic carbocycles. The number of amides is 2. The van der Waals surface area contributed by atoms with Gasteiger partial charge in [-0.2, -0.15) is 13.2 Å². The highest BCUT2D eigenvalue weighted by molar-refractivity contribution is 6.00. The summed E-state index contributed by atoms with van der Waals surface area (Å²) in [7, 11) is 0. The Morgan fingerprint density at radius 3 is 2.67 bits per heavy atom. The van der Waals surface area contributed by atoms with E-state index in [4.69, 9.17) is 0 Å². The fourth-order valence-electron chi connectivity index (χ4n) is 3.61. The van der Waals surface area contributed by atoms with Crippen molar-refractivity contribution in [3.63, 3.8) is 0 Å². The van der Waals surface area contributed by atoms with Crippen molar-refractivity contribution in [2.75, 3.05) is 6.54 Å². The van der Waals surface area contributed by atoms with E-state index in [1.54, 1.807) is 0 Å². The molecule has 21 heavy (non-hydrogen) atoms. The molecule has 0 bridgehead atoms. The number of allylic oxidation sites excluding steroid dienone is 3. The number of hydrogen-bond acceptors (Lipinski definition) is 2. The zero-order valence-corrected chi connectivity index (χ0v) is 11.4. The van der Waals surface area contributed by atoms with E-state index >= 15 is 0 Å². The molecule has 1 heterocycles. The largest absolute Gasteiger partial charge is 0.471 e. The van der Waals surface area contributed by atoms with Crippen molar-refractivity contribution in [1.29, 1.82) is 0 Å². The molecular formula is C15H16F3NO2. The van der Waals surface area contributed by atoms with Gasteiger partial charge in [0.1, 0.15) is 0 Å². The van der Waals surface area contributed by atoms with Crippen molar-refractivity contribution in [2.24, 2.45) is 11.8 Å². The summed E-state index contributed by atoms with van der Waals surface area (Å²) >= 11 is 0. The van der Waals surface area contributed by atoms with E-state index in [2.05, 4.69) is 0 Å². The van der Waals surface area contributed by atoms with Crippen LogP contribution in [0.2, 0.25) is 0 Å². The maximum absolute atomic E-state index is 12.6. The molecule has 3 nitrogen and oxygen atoms in total. The van der Waals surface area contributed by atoms with Crippen LogP contribution in [0.5, 0.6) is 0 Å². The molecule has 0 spiro atoms. The molecule has 0 saturated carbocycles. The minimum absolute atomic E-state index is 0.0633. The van der Waals surface area contributed by atoms with Crippen LogP contribution in [0.1, 0.15) is 32.1 Å². The van der Waals surface area contributed by atoms with E-state index in [0.29, 0.717) is 11.3 Å². The average Bonchev–Trinajstić information content (AvgIpc) is 2.45. The van der Waals surface area contributed by atoms with Gasteiger partial charge in [0.15, 0.2) is 0 Å². The number of carbonyl (C=O) groups excluding carboxylic acids is 2. The Kier molecular flexibility index (Phi) is 3.42. The van der Waals surface area contributed by atoms with E-state index in [9.17, 15) is 22.8 Å². The highest BCUT2D eigenvalue weighted by Gasteiger charge is 2.50. The highest BCUT2D eigenvalue weighted by atomic mass is 19.4. The topological polar surface area (TPSA) is 37.4 Å². The normalized spacial score (nSPS) is 29.3. The van der Waals surface area contributed by atoms with Gasteiger partial charge in [-0.15, -0.1) is 0 Å². The first kappa shape index (κ1) is 14.4. The third-order valence-electron chi connectivity index (χ3n) is 4.61. The molecule has 114 valence electrons. The summed E-state index contributed by atoms with van der Waals surface area (Å²) in [6.07, 6.45) is 2.99. The second-order valence-electron chi connectivity index (χ2n) is 5.84. The number of fused-ring (bicyclic) bond motifs is 2. The third-order valence-corrected chi connectivity index (χ3v) is 4.61. The Morgan fingerprint density at radius 2 is 1.95 bits per heavy atom. The monoisotopic (exact) mass is 299 g/mol. The molecule has 2 unspecified atom stereocenters. The quantitative estimate of drug-likeness (QED) is 0.689. The molecule has 0 N–H and O–H groups in total. The Hall–Kier alpha value is -1.59. The lowest BCUT2D eigenvalue weighted by Gasteiger charge is -2.40. The summed E-state index contributed by atoms with van der Waals surface area (Å²) in [5.41, 5.74) is 2.04. The number of rotatable bonds is 0. The molecule has 2 amide bonds. The van der Waals surface area contributed by atoms with Gasteiger partial charge in [-0.3, -0.25) is 14.5 Å². The molecule has 2 aliphatic carbocycles. The number of likely N-dealkylation sites (tertiary alicyclic amines) is 1. The molecule has 3 aliphatic rings. The molecular weight excluding hydrogens is 283 g/mol. The number of piperidine rings is 1. The predicted octanol–water partition coefficient (Wildman–Crippen LogP) is 2.98. The Balaban J connectivity index is 1.90. The number of hydrogen-bond donors (Lipinski definition) is 0. The van der Waals surface area contributed by atoms with E-state index in [1.165, 1.54) is 0 Å². The van der Waals surface area contributed by atoms with Gasteiger partial charge in [0.05, 0.1) is 5.92 Å². The van der Waals surface area contributed by atoms with Gasteiger partial charge in [0.2, 0.25) is 5.91 Å². The molecule has 1 fully saturated rings. The fourth-order valence-corrected chi connectivity index (χ4v) is 3.61. The molecule has 6 heteroatoms. The number of carbonyl (C=O) groups is 2. The SMILES string of the molecule is O=C1C2C3=C(C=CC2CCN1C(=O)C(F)(F)F)CCCC3. The van der Waals surface area contributed by atoms with Crippen LogP contribution in [0.4, 0.5) is 13.2 Å². The molecule has 0 radical (unpaired) electrons. The zero-order valence-electron chi connectivity index (χ0n) is 11.4. The van der Waals surface area contributed by atoms with E-state index in [1.807, 2.05) is 12.2 Å². The summed E-state index contributed by atoms with van der Waals surface area (Å²) in [6, 6.07) is 0. The van der Waals surface area contributed by atoms with Crippen molar-refractivity contribution in [3.05, 3.63) is 23.3 Å². The first-order chi connectivity index (χ1) is 9.89. The van der Waals surface area contributed by atoms with Crippen LogP contribution < -0.4 is 0 Å². The zero-order chi connectivity index (χ0) is 15.2. The summed E-state index contributed by atoms with van der Waals surface area (Å²) in [4.78, 5) is 24.3. The molecule has 3 rings (SSSR count). The van der Waals surface area contributed by atoms with Gasteiger partial charge >= 0.3 is 12.1 Å². The second kappa shape index (κ2) is 5.00. The van der Waals surface area contributed by atoms with Crippen molar-refractivity contribution in [1.82, 2.24) is 4.90 Å². The lowest BCUT2D eigenvalue weighted by Crippen LogP contribution is -2.53. The lowest BCUT2D eigenvalue weighted by atomic mass is 9.70. The van der Waals surface area contributed by atoms with Gasteiger partial charge in [0.25, 0.3) is 0 Å². The first-order valence-corrected chi connectivity index (χ1v) is 7.22. The van der Waals surface area contributed by atoms with E-state index in [-0.39, 0.29) is 12.5 Å². The molecule has 0 aromatic rings. The molecule has 1 aliphatic heterocycles. The summed E-state index contributed by atoms with van der Waals surface area (Å²) in [5.74, 6) is -3.33. The summed E-state index contributed by atoms with van der Waals surface area (Å²) in [6.45, 7) is -0.148. The fraction of sp³-hybridized carbons (Fsp3) is 0.600. The number of alkyl halides is 3. The van der Waals surface area contributed by atoms with Crippen LogP contribution in [-0.4, -0.2) is 29.4 Å². The lowest BCUT2D eigenvalue weighted by molar-refractivity contribution is -0.190. The Labute approximate surface area is 120 Å². The Morgan fingerprint density at radius 1 is 1.24 bits per heavy atom. The van der Waals surface area contributed by atoms with Crippen LogP contribution in [0, 0.1) is 11.8 Å². The Bertz CT molecular complexity index is 548. The summed E-state index contributed by atoms with van der Waals surface area (Å²) in [5, 5.41) is 0. The maximum atomic E-state index is 12.6. The number of halogens is 3. The van der Waals surface area contributed by atoms with Gasteiger partial charge in [-0.25, -0.2) is 0 Å². The molecule has 1 saturated heterocycles. The summed E-state index contributed by atoms with van der Waals surface area (Å²) < 4.78 is 37.8. The van der Waals surface area contributed by atoms with Gasteiger partial charge in [0, 0.05) is 6.54 Å². The molecule has 2 atom stereocenters. The smallest absolute Gasteiger partial charge is 0.274 e. The van der Waals surface area contributed by atoms with Gasteiger partial charge < -0.3 is 0 Å². The van der Waals surface area contributed by atoms with Crippen molar-refractivity contribution in [2.45, 2.75) is 38.3 Å². The third kappa shape index (κ3) is 2.40. The maximum Gasteiger partial charge on any atom is 0.471 e. The van der Waals surface area contributed by atoms with Crippen molar-refractivity contribution < 1.29 is 22.8 Å². The minimum Gasteiger partial charge on any atom is -0.274 e. The van der Waals surface area contributed by atoms with Crippen molar-refractivity contribution >= 4 is 11.8 Å². The number of nitrogens with zero attached hydrogens (tertiary/aromatic N) is 1. The van der Waals surface area contributed by atoms with Crippen LogP contribution in [0.3, 0.4) is 0 Å². The number of imide groups is 1. The van der Waals surface area contributed by atoms with Crippen LogP contribution >= 0.6 is 0 Å². The predicted molar refractivity (Wildman–Crippen MR) is 69.0 cm³/mol. The van der Waals surface area contributed by atoms with E-state index in [0.717, 1.165) is 36.8 Å². The van der Waals surface area contributed by atoms with Gasteiger partial charge in [-0.1, -0.05) is 17.7 Å². The van der Waals surface area contributed by atoms with Crippen LogP contribution in [0.15, 0.2) is 23.3 Å². The highest BCUT2D eigenvalue weighted by Crippen LogP contribution is 2.43. The van der Waals surface area contributed by atoms with Crippen molar-refractivity contribution in [3.8, 4) is 0 Å². The van der Waals surface area contributed by atoms with E-state index < -0.39 is 23.9 Å².